The van der Waals surface area contributed by atoms with Crippen LogP contribution in [-0.4, -0.2) is 55.4 Å². The molecule has 6 heteroatoms. The normalized spacial score (nSPS) is 29.2. The first kappa shape index (κ1) is 14.4. The fourth-order valence-electron chi connectivity index (χ4n) is 2.85. The third-order valence-corrected chi connectivity index (χ3v) is 3.99. The summed E-state index contributed by atoms with van der Waals surface area (Å²) >= 11 is 0. The number of carbonyl (C=O) groups is 1. The van der Waals surface area contributed by atoms with Crippen LogP contribution in [0.15, 0.2) is 24.5 Å². The molecular formula is C15H21N3O3. The number of hydrogen-bond acceptors (Lipinski definition) is 5. The van der Waals surface area contributed by atoms with E-state index < -0.39 is 0 Å². The highest BCUT2D eigenvalue weighted by Gasteiger charge is 2.41. The molecule has 2 fully saturated rings. The van der Waals surface area contributed by atoms with E-state index in [1.165, 1.54) is 0 Å². The Balaban J connectivity index is 1.50. The molecule has 114 valence electrons. The molecule has 2 saturated heterocycles. The second-order valence-corrected chi connectivity index (χ2v) is 5.64. The molecule has 1 amide bonds. The highest BCUT2D eigenvalue weighted by Crippen LogP contribution is 2.30. The molecule has 2 aliphatic rings. The molecule has 0 aliphatic carbocycles. The molecule has 0 unspecified atom stereocenters. The Morgan fingerprint density at radius 3 is 3.38 bits per heavy atom. The lowest BCUT2D eigenvalue weighted by atomic mass is 10.0. The van der Waals surface area contributed by atoms with Crippen molar-refractivity contribution in [3.63, 3.8) is 0 Å². The molecule has 0 aromatic carbocycles. The third-order valence-electron chi connectivity index (χ3n) is 3.99. The number of nitrogens with zero attached hydrogens (tertiary/aromatic N) is 1. The van der Waals surface area contributed by atoms with E-state index in [1.54, 1.807) is 24.5 Å². The van der Waals surface area contributed by atoms with Crippen LogP contribution >= 0.6 is 0 Å². The van der Waals surface area contributed by atoms with Crippen molar-refractivity contribution >= 4 is 5.91 Å². The molecule has 21 heavy (non-hydrogen) atoms. The van der Waals surface area contributed by atoms with Gasteiger partial charge in [-0.05, 0) is 25.0 Å². The lowest BCUT2D eigenvalue weighted by molar-refractivity contribution is -0.0764. The fraction of sp³-hybridized carbons (Fsp3) is 0.600. The summed E-state index contributed by atoms with van der Waals surface area (Å²) in [5.41, 5.74) is 0.352. The van der Waals surface area contributed by atoms with E-state index in [9.17, 15) is 4.79 Å². The number of aromatic nitrogens is 1. The van der Waals surface area contributed by atoms with Gasteiger partial charge < -0.3 is 20.1 Å². The van der Waals surface area contributed by atoms with Gasteiger partial charge in [0, 0.05) is 32.0 Å². The molecule has 6 nitrogen and oxygen atoms in total. The molecule has 2 atom stereocenters. The maximum Gasteiger partial charge on any atom is 0.252 e. The van der Waals surface area contributed by atoms with Crippen molar-refractivity contribution in [2.24, 2.45) is 0 Å². The second-order valence-electron chi connectivity index (χ2n) is 5.64. The van der Waals surface area contributed by atoms with E-state index in [2.05, 4.69) is 15.6 Å². The van der Waals surface area contributed by atoms with Crippen LogP contribution in [0.25, 0.3) is 0 Å². The third kappa shape index (κ3) is 3.58. The van der Waals surface area contributed by atoms with E-state index in [4.69, 9.17) is 9.47 Å². The Hall–Kier alpha value is -1.50. The average molecular weight is 291 g/mol. The Morgan fingerprint density at radius 2 is 2.52 bits per heavy atom. The first-order chi connectivity index (χ1) is 10.3. The van der Waals surface area contributed by atoms with E-state index in [0.29, 0.717) is 18.7 Å². The molecule has 3 heterocycles. The summed E-state index contributed by atoms with van der Waals surface area (Å²) in [5.74, 6) is -0.108. The number of carbonyl (C=O) groups excluding carboxylic acids is 1. The maximum absolute atomic E-state index is 12.0. The van der Waals surface area contributed by atoms with Gasteiger partial charge in [0.2, 0.25) is 0 Å². The van der Waals surface area contributed by atoms with Crippen molar-refractivity contribution in [3.05, 3.63) is 30.1 Å². The first-order valence-corrected chi connectivity index (χ1v) is 7.42. The van der Waals surface area contributed by atoms with Crippen LogP contribution in [0, 0.1) is 0 Å². The molecule has 0 radical (unpaired) electrons. The summed E-state index contributed by atoms with van der Waals surface area (Å²) in [6.07, 6.45) is 5.18. The first-order valence-electron chi connectivity index (χ1n) is 7.42. The zero-order valence-electron chi connectivity index (χ0n) is 12.0. The summed E-state index contributed by atoms with van der Waals surface area (Å²) in [6.45, 7) is 3.57. The average Bonchev–Trinajstić information content (AvgIpc) is 2.77. The Labute approximate surface area is 124 Å². The molecule has 2 N–H and O–H groups in total. The van der Waals surface area contributed by atoms with Crippen molar-refractivity contribution < 1.29 is 14.3 Å². The van der Waals surface area contributed by atoms with Crippen LogP contribution in [0.4, 0.5) is 0 Å². The van der Waals surface area contributed by atoms with Crippen LogP contribution in [0.3, 0.4) is 0 Å². The minimum Gasteiger partial charge on any atom is -0.377 e. The van der Waals surface area contributed by atoms with Gasteiger partial charge in [0.05, 0.1) is 24.9 Å². The molecule has 1 aromatic heterocycles. The molecule has 1 spiro atoms. The van der Waals surface area contributed by atoms with E-state index in [-0.39, 0.29) is 17.6 Å². The smallest absolute Gasteiger partial charge is 0.252 e. The predicted octanol–water partition coefficient (Wildman–Crippen LogP) is 0.349. The summed E-state index contributed by atoms with van der Waals surface area (Å²) in [6, 6.07) is 3.51. The zero-order valence-corrected chi connectivity index (χ0v) is 12.0. The lowest BCUT2D eigenvalue weighted by Gasteiger charge is -2.27. The predicted molar refractivity (Wildman–Crippen MR) is 77.1 cm³/mol. The summed E-state index contributed by atoms with van der Waals surface area (Å²) < 4.78 is 11.7. The van der Waals surface area contributed by atoms with Gasteiger partial charge in [-0.25, -0.2) is 0 Å². The summed E-state index contributed by atoms with van der Waals surface area (Å²) in [5, 5.41) is 6.26. The quantitative estimate of drug-likeness (QED) is 0.841. The standard InChI is InChI=1S/C15H21N3O3/c19-14(12-2-1-5-16-8-12)18-9-13-3-4-15(21-13)10-17-6-7-20-11-15/h1-2,5,8,13,17H,3-4,6-7,9-11H2,(H,18,19)/t13-,15-/m0/s1. The van der Waals surface area contributed by atoms with Gasteiger partial charge in [0.15, 0.2) is 0 Å². The Morgan fingerprint density at radius 1 is 1.57 bits per heavy atom. The molecular weight excluding hydrogens is 270 g/mol. The largest absolute Gasteiger partial charge is 0.377 e. The molecule has 0 saturated carbocycles. The van der Waals surface area contributed by atoms with Gasteiger partial charge in [-0.15, -0.1) is 0 Å². The van der Waals surface area contributed by atoms with E-state index in [1.807, 2.05) is 0 Å². The monoisotopic (exact) mass is 291 g/mol. The molecule has 2 aliphatic heterocycles. The summed E-state index contributed by atoms with van der Waals surface area (Å²) in [7, 11) is 0. The number of ether oxygens (including phenoxy) is 2. The number of rotatable bonds is 3. The van der Waals surface area contributed by atoms with Gasteiger partial charge in [0.25, 0.3) is 5.91 Å². The van der Waals surface area contributed by atoms with E-state index >= 15 is 0 Å². The van der Waals surface area contributed by atoms with Gasteiger partial charge in [-0.1, -0.05) is 0 Å². The molecule has 0 bridgehead atoms. The topological polar surface area (TPSA) is 72.5 Å². The maximum atomic E-state index is 12.0. The highest BCUT2D eigenvalue weighted by atomic mass is 16.6. The number of amides is 1. The van der Waals surface area contributed by atoms with Crippen LogP contribution in [0.2, 0.25) is 0 Å². The zero-order chi connectivity index (χ0) is 14.5. The van der Waals surface area contributed by atoms with Crippen molar-refractivity contribution in [1.29, 1.82) is 0 Å². The van der Waals surface area contributed by atoms with Crippen LogP contribution in [0.5, 0.6) is 0 Å². The Bertz CT molecular complexity index is 472. The van der Waals surface area contributed by atoms with Gasteiger partial charge in [-0.3, -0.25) is 9.78 Å². The van der Waals surface area contributed by atoms with Crippen LogP contribution < -0.4 is 10.6 Å². The van der Waals surface area contributed by atoms with Crippen molar-refractivity contribution in [3.8, 4) is 0 Å². The number of nitrogens with one attached hydrogen (secondary N) is 2. The highest BCUT2D eigenvalue weighted by molar-refractivity contribution is 5.93. The summed E-state index contributed by atoms with van der Waals surface area (Å²) in [4.78, 5) is 15.9. The van der Waals surface area contributed by atoms with Gasteiger partial charge >= 0.3 is 0 Å². The van der Waals surface area contributed by atoms with Crippen molar-refractivity contribution in [2.45, 2.75) is 24.5 Å². The minimum atomic E-state index is -0.222. The second kappa shape index (κ2) is 6.51. The van der Waals surface area contributed by atoms with Gasteiger partial charge in [0.1, 0.15) is 5.60 Å². The minimum absolute atomic E-state index is 0.0501. The number of pyridine rings is 1. The van der Waals surface area contributed by atoms with Crippen LogP contribution in [-0.2, 0) is 9.47 Å². The Kier molecular flexibility index (Phi) is 4.48. The van der Waals surface area contributed by atoms with Crippen LogP contribution in [0.1, 0.15) is 23.2 Å². The number of hydrogen-bond donors (Lipinski definition) is 2. The molecule has 3 rings (SSSR count). The molecule has 1 aromatic rings. The van der Waals surface area contributed by atoms with Crippen molar-refractivity contribution in [1.82, 2.24) is 15.6 Å². The van der Waals surface area contributed by atoms with Crippen molar-refractivity contribution in [2.75, 3.05) is 32.8 Å². The van der Waals surface area contributed by atoms with Gasteiger partial charge in [-0.2, -0.15) is 0 Å². The fourth-order valence-corrected chi connectivity index (χ4v) is 2.85. The lowest BCUT2D eigenvalue weighted by Crippen LogP contribution is -2.43. The SMILES string of the molecule is O=C(NC[C@@H]1CC[C@@]2(CNCCOC2)O1)c1cccnc1. The van der Waals surface area contributed by atoms with E-state index in [0.717, 1.165) is 32.5 Å².